The lowest BCUT2D eigenvalue weighted by Gasteiger charge is -2.34. The first-order valence-electron chi connectivity index (χ1n) is 10.9. The van der Waals surface area contributed by atoms with E-state index < -0.39 is 0 Å². The van der Waals surface area contributed by atoms with Gasteiger partial charge in [0.1, 0.15) is 5.75 Å². The molecule has 1 aliphatic rings. The number of ether oxygens (including phenoxy) is 3. The molecule has 0 radical (unpaired) electrons. The molecule has 1 fully saturated rings. The summed E-state index contributed by atoms with van der Waals surface area (Å²) < 4.78 is 16.3. The second-order valence-electron chi connectivity index (χ2n) is 8.01. The first kappa shape index (κ1) is 23.4. The maximum absolute atomic E-state index is 12.6. The zero-order valence-electron chi connectivity index (χ0n) is 19.3. The molecule has 7 nitrogen and oxygen atoms in total. The smallest absolute Gasteiger partial charge is 0.260 e. The molecule has 3 rings (SSSR count). The van der Waals surface area contributed by atoms with Crippen molar-refractivity contribution in [2.24, 2.45) is 0 Å². The second kappa shape index (κ2) is 10.9. The number of hydrogen-bond donors (Lipinski definition) is 0. The Hall–Kier alpha value is -3.22. The highest BCUT2D eigenvalue weighted by Gasteiger charge is 2.24. The van der Waals surface area contributed by atoms with E-state index >= 15 is 0 Å². The van der Waals surface area contributed by atoms with Gasteiger partial charge in [0, 0.05) is 32.6 Å². The Bertz CT molecular complexity index is 951. The molecule has 1 aliphatic heterocycles. The van der Waals surface area contributed by atoms with E-state index in [0.717, 1.165) is 22.4 Å². The number of rotatable bonds is 8. The Kier molecular flexibility index (Phi) is 7.98. The molecule has 7 heteroatoms. The van der Waals surface area contributed by atoms with Crippen LogP contribution in [0, 0.1) is 13.8 Å². The van der Waals surface area contributed by atoms with Crippen molar-refractivity contribution in [1.29, 1.82) is 0 Å². The SMILES string of the molecule is COc1ccc(CCC(=O)N2CCN(C(=O)COc3ccc(C)cc3C)CC2)cc1OC. The standard InChI is InChI=1S/C25H32N2O5/c1-18-5-8-21(19(2)15-18)32-17-25(29)27-13-11-26(12-14-27)24(28)10-7-20-6-9-22(30-3)23(16-20)31-4/h5-6,8-9,15-16H,7,10-14,17H2,1-4H3. The number of benzene rings is 2. The summed E-state index contributed by atoms with van der Waals surface area (Å²) in [6.45, 7) is 6.14. The van der Waals surface area contributed by atoms with Gasteiger partial charge in [-0.25, -0.2) is 0 Å². The fourth-order valence-electron chi connectivity index (χ4n) is 3.84. The molecule has 2 aromatic rings. The van der Waals surface area contributed by atoms with Crippen molar-refractivity contribution in [3.05, 3.63) is 53.1 Å². The zero-order valence-corrected chi connectivity index (χ0v) is 19.3. The molecule has 0 bridgehead atoms. The monoisotopic (exact) mass is 440 g/mol. The Morgan fingerprint density at radius 1 is 0.812 bits per heavy atom. The van der Waals surface area contributed by atoms with Crippen LogP contribution in [0.2, 0.25) is 0 Å². The lowest BCUT2D eigenvalue weighted by Crippen LogP contribution is -2.51. The maximum atomic E-state index is 12.6. The van der Waals surface area contributed by atoms with Gasteiger partial charge in [-0.2, -0.15) is 0 Å². The van der Waals surface area contributed by atoms with E-state index in [9.17, 15) is 9.59 Å². The highest BCUT2D eigenvalue weighted by atomic mass is 16.5. The maximum Gasteiger partial charge on any atom is 0.260 e. The Balaban J connectivity index is 1.43. The van der Waals surface area contributed by atoms with Gasteiger partial charge in [-0.15, -0.1) is 0 Å². The minimum absolute atomic E-state index is 0.0111. The molecule has 0 spiro atoms. The lowest BCUT2D eigenvalue weighted by molar-refractivity contribution is -0.140. The molecule has 0 N–H and O–H groups in total. The molecule has 1 heterocycles. The van der Waals surface area contributed by atoms with Gasteiger partial charge in [0.15, 0.2) is 18.1 Å². The van der Waals surface area contributed by atoms with Gasteiger partial charge >= 0.3 is 0 Å². The summed E-state index contributed by atoms with van der Waals surface area (Å²) in [5.74, 6) is 2.10. The normalized spacial score (nSPS) is 13.6. The molecule has 0 aliphatic carbocycles. The summed E-state index contributed by atoms with van der Waals surface area (Å²) in [5, 5.41) is 0. The number of aryl methyl sites for hydroxylation is 3. The van der Waals surface area contributed by atoms with Crippen molar-refractivity contribution in [2.45, 2.75) is 26.7 Å². The Labute approximate surface area is 189 Å². The molecule has 2 aromatic carbocycles. The van der Waals surface area contributed by atoms with E-state index in [-0.39, 0.29) is 18.4 Å². The van der Waals surface area contributed by atoms with Crippen LogP contribution in [0.3, 0.4) is 0 Å². The zero-order chi connectivity index (χ0) is 23.1. The van der Waals surface area contributed by atoms with Gasteiger partial charge in [-0.1, -0.05) is 23.8 Å². The van der Waals surface area contributed by atoms with Crippen LogP contribution in [0.25, 0.3) is 0 Å². The van der Waals surface area contributed by atoms with Crippen LogP contribution >= 0.6 is 0 Å². The summed E-state index contributed by atoms with van der Waals surface area (Å²) in [7, 11) is 3.20. The summed E-state index contributed by atoms with van der Waals surface area (Å²) in [6.07, 6.45) is 1.04. The summed E-state index contributed by atoms with van der Waals surface area (Å²) in [5.41, 5.74) is 3.20. The third kappa shape index (κ3) is 5.93. The Morgan fingerprint density at radius 3 is 2.06 bits per heavy atom. The largest absolute Gasteiger partial charge is 0.493 e. The van der Waals surface area contributed by atoms with Gasteiger partial charge in [-0.3, -0.25) is 9.59 Å². The van der Waals surface area contributed by atoms with Crippen molar-refractivity contribution >= 4 is 11.8 Å². The number of piperazine rings is 1. The van der Waals surface area contributed by atoms with Crippen LogP contribution in [-0.2, 0) is 16.0 Å². The van der Waals surface area contributed by atoms with Crippen molar-refractivity contribution < 1.29 is 23.8 Å². The third-order valence-electron chi connectivity index (χ3n) is 5.74. The average Bonchev–Trinajstić information content (AvgIpc) is 2.81. The van der Waals surface area contributed by atoms with Crippen LogP contribution < -0.4 is 14.2 Å². The molecule has 0 aromatic heterocycles. The summed E-state index contributed by atoms with van der Waals surface area (Å²) in [4.78, 5) is 28.8. The van der Waals surface area contributed by atoms with Gasteiger partial charge in [0.2, 0.25) is 5.91 Å². The number of nitrogens with zero attached hydrogens (tertiary/aromatic N) is 2. The molecule has 172 valence electrons. The van der Waals surface area contributed by atoms with E-state index in [1.165, 1.54) is 0 Å². The van der Waals surface area contributed by atoms with E-state index in [0.29, 0.717) is 50.5 Å². The quantitative estimate of drug-likeness (QED) is 0.631. The van der Waals surface area contributed by atoms with Crippen LogP contribution in [0.4, 0.5) is 0 Å². The highest BCUT2D eigenvalue weighted by molar-refractivity contribution is 5.79. The van der Waals surface area contributed by atoms with Crippen molar-refractivity contribution in [1.82, 2.24) is 9.80 Å². The van der Waals surface area contributed by atoms with Gasteiger partial charge in [0.25, 0.3) is 5.91 Å². The number of methoxy groups -OCH3 is 2. The molecule has 32 heavy (non-hydrogen) atoms. The number of amides is 2. The van der Waals surface area contributed by atoms with Crippen molar-refractivity contribution in [3.63, 3.8) is 0 Å². The molecule has 1 saturated heterocycles. The molecular formula is C25H32N2O5. The van der Waals surface area contributed by atoms with Crippen molar-refractivity contribution in [3.8, 4) is 17.2 Å². The van der Waals surface area contributed by atoms with Crippen LogP contribution in [0.5, 0.6) is 17.2 Å². The minimum Gasteiger partial charge on any atom is -0.493 e. The second-order valence-corrected chi connectivity index (χ2v) is 8.01. The molecule has 0 saturated carbocycles. The predicted molar refractivity (Wildman–Crippen MR) is 122 cm³/mol. The fourth-order valence-corrected chi connectivity index (χ4v) is 3.84. The highest BCUT2D eigenvalue weighted by Crippen LogP contribution is 2.28. The van der Waals surface area contributed by atoms with E-state index in [1.54, 1.807) is 19.1 Å². The molecule has 0 atom stereocenters. The summed E-state index contributed by atoms with van der Waals surface area (Å²) in [6, 6.07) is 11.6. The van der Waals surface area contributed by atoms with E-state index in [4.69, 9.17) is 14.2 Å². The van der Waals surface area contributed by atoms with Gasteiger partial charge in [0.05, 0.1) is 14.2 Å². The number of carbonyl (C=O) groups is 2. The Morgan fingerprint density at radius 2 is 1.44 bits per heavy atom. The van der Waals surface area contributed by atoms with Gasteiger partial charge < -0.3 is 24.0 Å². The first-order valence-corrected chi connectivity index (χ1v) is 10.9. The molecule has 2 amide bonds. The predicted octanol–water partition coefficient (Wildman–Crippen LogP) is 3.00. The van der Waals surface area contributed by atoms with Crippen LogP contribution in [-0.4, -0.2) is 68.6 Å². The van der Waals surface area contributed by atoms with Crippen molar-refractivity contribution in [2.75, 3.05) is 47.0 Å². The average molecular weight is 441 g/mol. The minimum atomic E-state index is -0.0533. The lowest BCUT2D eigenvalue weighted by atomic mass is 10.1. The van der Waals surface area contributed by atoms with E-state index in [2.05, 4.69) is 0 Å². The third-order valence-corrected chi connectivity index (χ3v) is 5.74. The summed E-state index contributed by atoms with van der Waals surface area (Å²) >= 11 is 0. The number of hydrogen-bond acceptors (Lipinski definition) is 5. The van der Waals surface area contributed by atoms with E-state index in [1.807, 2.05) is 55.1 Å². The van der Waals surface area contributed by atoms with Gasteiger partial charge in [-0.05, 0) is 49.6 Å². The molecular weight excluding hydrogens is 408 g/mol. The molecule has 0 unspecified atom stereocenters. The topological polar surface area (TPSA) is 68.3 Å². The van der Waals surface area contributed by atoms with Crippen LogP contribution in [0.15, 0.2) is 36.4 Å². The van der Waals surface area contributed by atoms with Crippen LogP contribution in [0.1, 0.15) is 23.1 Å². The number of carbonyl (C=O) groups excluding carboxylic acids is 2. The fraction of sp³-hybridized carbons (Fsp3) is 0.440. The first-order chi connectivity index (χ1) is 15.4.